The highest BCUT2D eigenvalue weighted by Crippen LogP contribution is 2.15. The number of imidazole rings is 1. The number of nitrogens with zero attached hydrogens (tertiary/aromatic N) is 4. The lowest BCUT2D eigenvalue weighted by Crippen LogP contribution is -2.27. The van der Waals surface area contributed by atoms with Gasteiger partial charge in [-0.3, -0.25) is 4.79 Å². The lowest BCUT2D eigenvalue weighted by molar-refractivity contribution is 0.0928. The molecular weight excluding hydrogens is 246 g/mol. The molecule has 0 aliphatic rings. The quantitative estimate of drug-likeness (QED) is 0.901. The van der Waals surface area contributed by atoms with E-state index in [2.05, 4.69) is 20.4 Å². The van der Waals surface area contributed by atoms with Crippen molar-refractivity contribution in [2.75, 3.05) is 0 Å². The molecule has 0 saturated carbocycles. The summed E-state index contributed by atoms with van der Waals surface area (Å²) in [4.78, 5) is 20.1. The number of rotatable bonds is 4. The molecule has 0 saturated heterocycles. The molecule has 1 amide bonds. The van der Waals surface area contributed by atoms with Crippen LogP contribution in [0.15, 0.2) is 17.0 Å². The monoisotopic (exact) mass is 263 g/mol. The molecule has 7 nitrogen and oxygen atoms in total. The lowest BCUT2D eigenvalue weighted by Gasteiger charge is -2.07. The van der Waals surface area contributed by atoms with Gasteiger partial charge in [-0.2, -0.15) is 4.98 Å². The Bertz CT molecular complexity index is 572. The Kier molecular flexibility index (Phi) is 3.64. The molecule has 7 heteroatoms. The predicted octanol–water partition coefficient (Wildman–Crippen LogP) is 1.42. The number of hydrogen-bond donors (Lipinski definition) is 1. The standard InChI is InChI=1S/C12H17N5O2/c1-7(2)10-15-12(19-16-10)8(3)14-11(18)9-5-17(4)6-13-9/h5-8H,1-4H3,(H,14,18). The van der Waals surface area contributed by atoms with E-state index in [-0.39, 0.29) is 17.9 Å². The highest BCUT2D eigenvalue weighted by molar-refractivity contribution is 5.92. The first-order chi connectivity index (χ1) is 8.97. The van der Waals surface area contributed by atoms with E-state index in [9.17, 15) is 4.79 Å². The van der Waals surface area contributed by atoms with Crippen LogP contribution in [0.25, 0.3) is 0 Å². The third kappa shape index (κ3) is 2.98. The number of carbonyl (C=O) groups excluding carboxylic acids is 1. The van der Waals surface area contributed by atoms with Gasteiger partial charge in [0.15, 0.2) is 5.82 Å². The van der Waals surface area contributed by atoms with Crippen LogP contribution >= 0.6 is 0 Å². The third-order valence-corrected chi connectivity index (χ3v) is 2.63. The van der Waals surface area contributed by atoms with E-state index in [0.717, 1.165) is 0 Å². The number of hydrogen-bond acceptors (Lipinski definition) is 5. The molecule has 102 valence electrons. The smallest absolute Gasteiger partial charge is 0.272 e. The van der Waals surface area contributed by atoms with Crippen molar-refractivity contribution in [2.45, 2.75) is 32.7 Å². The van der Waals surface area contributed by atoms with Crippen molar-refractivity contribution in [1.82, 2.24) is 25.0 Å². The summed E-state index contributed by atoms with van der Waals surface area (Å²) in [6.07, 6.45) is 3.22. The first-order valence-electron chi connectivity index (χ1n) is 6.09. The van der Waals surface area contributed by atoms with E-state index >= 15 is 0 Å². The zero-order valence-corrected chi connectivity index (χ0v) is 11.4. The number of aryl methyl sites for hydroxylation is 1. The Hall–Kier alpha value is -2.18. The fourth-order valence-corrected chi connectivity index (χ4v) is 1.52. The number of aromatic nitrogens is 4. The van der Waals surface area contributed by atoms with Gasteiger partial charge >= 0.3 is 0 Å². The first kappa shape index (κ1) is 13.3. The van der Waals surface area contributed by atoms with Gasteiger partial charge in [0, 0.05) is 19.2 Å². The van der Waals surface area contributed by atoms with E-state index in [1.165, 1.54) is 0 Å². The fourth-order valence-electron chi connectivity index (χ4n) is 1.52. The number of nitrogens with one attached hydrogen (secondary N) is 1. The van der Waals surface area contributed by atoms with Crippen molar-refractivity contribution in [3.63, 3.8) is 0 Å². The van der Waals surface area contributed by atoms with Crippen molar-refractivity contribution >= 4 is 5.91 Å². The third-order valence-electron chi connectivity index (χ3n) is 2.63. The van der Waals surface area contributed by atoms with Crippen molar-refractivity contribution in [3.05, 3.63) is 29.9 Å². The summed E-state index contributed by atoms with van der Waals surface area (Å²) in [6, 6.07) is -0.352. The van der Waals surface area contributed by atoms with Crippen LogP contribution in [-0.4, -0.2) is 25.6 Å². The molecule has 1 atom stereocenters. The Labute approximate surface area is 111 Å². The molecule has 0 spiro atoms. The molecule has 2 aromatic rings. The van der Waals surface area contributed by atoms with Crippen LogP contribution in [0.1, 0.15) is 54.9 Å². The Morgan fingerprint density at radius 1 is 1.42 bits per heavy atom. The summed E-state index contributed by atoms with van der Waals surface area (Å²) >= 11 is 0. The van der Waals surface area contributed by atoms with Gasteiger partial charge in [0.1, 0.15) is 11.7 Å². The average Bonchev–Trinajstić information content (AvgIpc) is 2.96. The summed E-state index contributed by atoms with van der Waals surface area (Å²) < 4.78 is 6.84. The van der Waals surface area contributed by atoms with Crippen LogP contribution in [-0.2, 0) is 7.05 Å². The molecule has 19 heavy (non-hydrogen) atoms. The zero-order chi connectivity index (χ0) is 14.0. The van der Waals surface area contributed by atoms with Gasteiger partial charge in [-0.1, -0.05) is 19.0 Å². The normalized spacial score (nSPS) is 12.7. The second-order valence-corrected chi connectivity index (χ2v) is 4.77. The van der Waals surface area contributed by atoms with E-state index in [1.807, 2.05) is 13.8 Å². The topological polar surface area (TPSA) is 85.8 Å². The average molecular weight is 263 g/mol. The molecule has 0 aromatic carbocycles. The largest absolute Gasteiger partial charge is 0.340 e. The van der Waals surface area contributed by atoms with Crippen LogP contribution in [0.5, 0.6) is 0 Å². The van der Waals surface area contributed by atoms with E-state index in [4.69, 9.17) is 4.52 Å². The Morgan fingerprint density at radius 2 is 2.16 bits per heavy atom. The molecule has 0 radical (unpaired) electrons. The second kappa shape index (κ2) is 5.21. The van der Waals surface area contributed by atoms with Gasteiger partial charge in [-0.15, -0.1) is 0 Å². The summed E-state index contributed by atoms with van der Waals surface area (Å²) in [6.45, 7) is 5.75. The highest BCUT2D eigenvalue weighted by Gasteiger charge is 2.19. The van der Waals surface area contributed by atoms with Gasteiger partial charge < -0.3 is 14.4 Å². The molecule has 1 unspecified atom stereocenters. The van der Waals surface area contributed by atoms with Crippen molar-refractivity contribution in [1.29, 1.82) is 0 Å². The summed E-state index contributed by atoms with van der Waals surface area (Å²) in [5, 5.41) is 6.63. The molecule has 0 fully saturated rings. The molecule has 2 aromatic heterocycles. The molecular formula is C12H17N5O2. The van der Waals surface area contributed by atoms with Gasteiger partial charge in [-0.05, 0) is 6.92 Å². The Balaban J connectivity index is 2.04. The van der Waals surface area contributed by atoms with Crippen molar-refractivity contribution in [2.24, 2.45) is 7.05 Å². The van der Waals surface area contributed by atoms with Crippen LogP contribution in [0, 0.1) is 0 Å². The predicted molar refractivity (Wildman–Crippen MR) is 67.5 cm³/mol. The molecule has 2 rings (SSSR count). The molecule has 0 aliphatic heterocycles. The zero-order valence-electron chi connectivity index (χ0n) is 11.4. The Morgan fingerprint density at radius 3 is 2.68 bits per heavy atom. The number of carbonyl (C=O) groups is 1. The first-order valence-corrected chi connectivity index (χ1v) is 6.09. The minimum absolute atomic E-state index is 0.191. The van der Waals surface area contributed by atoms with Gasteiger partial charge in [0.25, 0.3) is 5.91 Å². The van der Waals surface area contributed by atoms with Crippen LogP contribution < -0.4 is 5.32 Å². The molecule has 0 aliphatic carbocycles. The lowest BCUT2D eigenvalue weighted by atomic mass is 10.2. The van der Waals surface area contributed by atoms with Crippen LogP contribution in [0.2, 0.25) is 0 Å². The van der Waals surface area contributed by atoms with Gasteiger partial charge in [0.05, 0.1) is 6.33 Å². The minimum Gasteiger partial charge on any atom is -0.340 e. The summed E-state index contributed by atoms with van der Waals surface area (Å²) in [5.74, 6) is 0.954. The molecule has 2 heterocycles. The van der Waals surface area contributed by atoms with E-state index in [1.54, 1.807) is 31.1 Å². The second-order valence-electron chi connectivity index (χ2n) is 4.77. The van der Waals surface area contributed by atoms with Gasteiger partial charge in [0.2, 0.25) is 5.89 Å². The maximum atomic E-state index is 11.9. The van der Waals surface area contributed by atoms with Crippen molar-refractivity contribution in [3.8, 4) is 0 Å². The van der Waals surface area contributed by atoms with Crippen molar-refractivity contribution < 1.29 is 9.32 Å². The molecule has 0 bridgehead atoms. The van der Waals surface area contributed by atoms with Crippen LogP contribution in [0.3, 0.4) is 0 Å². The highest BCUT2D eigenvalue weighted by atomic mass is 16.5. The summed E-state index contributed by atoms with van der Waals surface area (Å²) in [5.41, 5.74) is 0.359. The molecule has 1 N–H and O–H groups in total. The maximum absolute atomic E-state index is 11.9. The number of amides is 1. The van der Waals surface area contributed by atoms with E-state index < -0.39 is 0 Å². The van der Waals surface area contributed by atoms with Crippen LogP contribution in [0.4, 0.5) is 0 Å². The summed E-state index contributed by atoms with van der Waals surface area (Å²) in [7, 11) is 1.81. The maximum Gasteiger partial charge on any atom is 0.272 e. The van der Waals surface area contributed by atoms with E-state index in [0.29, 0.717) is 17.4 Å². The van der Waals surface area contributed by atoms with Gasteiger partial charge in [-0.25, -0.2) is 4.98 Å². The minimum atomic E-state index is -0.352. The SMILES string of the molecule is CC(C)c1noc(C(C)NC(=O)c2cn(C)cn2)n1. The fraction of sp³-hybridized carbons (Fsp3) is 0.500.